The first-order chi connectivity index (χ1) is 1.73. The first kappa shape index (κ1) is 9.71. The second kappa shape index (κ2) is 5.50. The van der Waals surface area contributed by atoms with Crippen molar-refractivity contribution in [3.05, 3.63) is 0 Å². The van der Waals surface area contributed by atoms with Gasteiger partial charge in [0, 0.05) is 6.92 Å². The summed E-state index contributed by atoms with van der Waals surface area (Å²) in [6.45, 7) is 1.39. The van der Waals surface area contributed by atoms with Crippen LogP contribution in [0.5, 0.6) is 0 Å². The summed E-state index contributed by atoms with van der Waals surface area (Å²) in [6.07, 6.45) is 0. The molecule has 0 heterocycles. The van der Waals surface area contributed by atoms with Crippen LogP contribution >= 0.6 is 12.6 Å². The van der Waals surface area contributed by atoms with E-state index < -0.39 is 0 Å². The molecule has 1 nitrogen and oxygen atoms in total. The molecular formula is C2H6OSSr. The smallest absolute Gasteiger partial charge is 1.00 e. The Kier molecular flexibility index (Phi) is 10.7. The summed E-state index contributed by atoms with van der Waals surface area (Å²) < 4.78 is 0. The molecule has 0 rings (SSSR count). The molecule has 0 unspecified atom stereocenters. The molecule has 0 radical (unpaired) electrons. The van der Waals surface area contributed by atoms with E-state index >= 15 is 0 Å². The van der Waals surface area contributed by atoms with Crippen LogP contribution in [0, 0.1) is 0 Å². The average molecular weight is 166 g/mol. The van der Waals surface area contributed by atoms with Gasteiger partial charge in [0.25, 0.3) is 0 Å². The van der Waals surface area contributed by atoms with Crippen LogP contribution in [0.15, 0.2) is 0 Å². The minimum absolute atomic E-state index is 0. The van der Waals surface area contributed by atoms with Crippen molar-refractivity contribution < 1.29 is 7.65 Å². The summed E-state index contributed by atoms with van der Waals surface area (Å²) in [7, 11) is 0. The van der Waals surface area contributed by atoms with Crippen molar-refractivity contribution in [1.82, 2.24) is 0 Å². The van der Waals surface area contributed by atoms with Crippen molar-refractivity contribution in [2.24, 2.45) is 0 Å². The van der Waals surface area contributed by atoms with Crippen molar-refractivity contribution in [2.45, 2.75) is 6.92 Å². The zero-order valence-electron chi connectivity index (χ0n) is 5.06. The van der Waals surface area contributed by atoms with Gasteiger partial charge < -0.3 is 2.85 Å². The molecule has 0 bridgehead atoms. The first-order valence-corrected chi connectivity index (χ1v) is 1.37. The quantitative estimate of drug-likeness (QED) is 0.404. The molecule has 0 fully saturated rings. The third-order valence-electron chi connectivity index (χ3n) is 0. The second-order valence-corrected chi connectivity index (χ2v) is 1.15. The van der Waals surface area contributed by atoms with Gasteiger partial charge in [0.2, 0.25) is 0 Å². The minimum atomic E-state index is -0.139. The number of thiol groups is 1. The van der Waals surface area contributed by atoms with E-state index in [9.17, 15) is 4.79 Å². The molecule has 3 heteroatoms. The van der Waals surface area contributed by atoms with Crippen molar-refractivity contribution in [3.63, 3.8) is 0 Å². The van der Waals surface area contributed by atoms with Gasteiger partial charge in [-0.2, -0.15) is 0 Å². The number of carbonyl (C=O) groups is 1. The van der Waals surface area contributed by atoms with Gasteiger partial charge in [-0.15, -0.1) is 12.6 Å². The predicted molar refractivity (Wildman–Crippen MR) is 27.6 cm³/mol. The normalized spacial score (nSPS) is 5.20. The molecule has 0 aromatic carbocycles. The maximum Gasteiger partial charge on any atom is 2.00 e. The minimum Gasteiger partial charge on any atom is -1.00 e. The zero-order valence-corrected chi connectivity index (χ0v) is 7.43. The van der Waals surface area contributed by atoms with Gasteiger partial charge in [-0.3, -0.25) is 4.79 Å². The van der Waals surface area contributed by atoms with E-state index in [1.807, 2.05) is 0 Å². The van der Waals surface area contributed by atoms with Crippen molar-refractivity contribution in [1.29, 1.82) is 0 Å². The molecule has 0 N–H and O–H groups in total. The number of carbonyl (C=O) groups excluding carboxylic acids is 1. The molecule has 0 amide bonds. The topological polar surface area (TPSA) is 17.1 Å². The fraction of sp³-hybridized carbons (Fsp3) is 0.500. The van der Waals surface area contributed by atoms with E-state index in [1.165, 1.54) is 6.92 Å². The van der Waals surface area contributed by atoms with Crippen molar-refractivity contribution >= 4 is 63.2 Å². The van der Waals surface area contributed by atoms with Crippen LogP contribution in [-0.2, 0) is 4.79 Å². The Hall–Kier alpha value is 1.50. The molecule has 0 aliphatic rings. The zero-order chi connectivity index (χ0) is 3.58. The van der Waals surface area contributed by atoms with E-state index in [-0.39, 0.29) is 53.5 Å². The largest absolute Gasteiger partial charge is 2.00 e. The van der Waals surface area contributed by atoms with E-state index in [4.69, 9.17) is 0 Å². The summed E-state index contributed by atoms with van der Waals surface area (Å²) in [5.41, 5.74) is 0. The molecular weight excluding hydrogens is 160 g/mol. The predicted octanol–water partition coefficient (Wildman–Crippen LogP) is 0.307. The van der Waals surface area contributed by atoms with Gasteiger partial charge in [-0.05, 0) is 0 Å². The third kappa shape index (κ3) is 29.9. The van der Waals surface area contributed by atoms with Crippen LogP contribution in [0.4, 0.5) is 0 Å². The van der Waals surface area contributed by atoms with Crippen LogP contribution in [0.25, 0.3) is 0 Å². The SMILES string of the molecule is CC(=O)S.[H-].[H-].[Sr+2]. The Morgan fingerprint density at radius 2 is 2.00 bits per heavy atom. The molecule has 0 aromatic heterocycles. The standard InChI is InChI=1S/C2H4OS.Sr.2H/c1-2(3)4;;;/h1H3,(H,3,4);;;/q;+2;2*-1. The summed E-state index contributed by atoms with van der Waals surface area (Å²) in [6, 6.07) is 0. The van der Waals surface area contributed by atoms with Gasteiger partial charge in [0.1, 0.15) is 0 Å². The number of rotatable bonds is 0. The van der Waals surface area contributed by atoms with E-state index in [1.54, 1.807) is 0 Å². The summed E-state index contributed by atoms with van der Waals surface area (Å²) in [4.78, 5) is 9.31. The van der Waals surface area contributed by atoms with E-state index in [0.717, 1.165) is 0 Å². The molecule has 0 aliphatic carbocycles. The molecule has 0 spiro atoms. The molecule has 28 valence electrons. The summed E-state index contributed by atoms with van der Waals surface area (Å²) in [5, 5.41) is -0.139. The maximum absolute atomic E-state index is 9.31. The van der Waals surface area contributed by atoms with Crippen LogP contribution < -0.4 is 0 Å². The van der Waals surface area contributed by atoms with E-state index in [2.05, 4.69) is 12.6 Å². The van der Waals surface area contributed by atoms with Gasteiger partial charge in [0.15, 0.2) is 5.12 Å². The first-order valence-electron chi connectivity index (χ1n) is 0.928. The Bertz CT molecular complexity index is 38.7. The number of hydrogen-bond acceptors (Lipinski definition) is 1. The Balaban J connectivity index is -0.0000000150. The van der Waals surface area contributed by atoms with Crippen LogP contribution in [0.2, 0.25) is 0 Å². The summed E-state index contributed by atoms with van der Waals surface area (Å²) >= 11 is 3.33. The Labute approximate surface area is 76.8 Å². The van der Waals surface area contributed by atoms with Crippen LogP contribution in [-0.4, -0.2) is 50.6 Å². The van der Waals surface area contributed by atoms with Crippen LogP contribution in [0.1, 0.15) is 9.78 Å². The molecule has 0 aliphatic heterocycles. The van der Waals surface area contributed by atoms with Gasteiger partial charge in [0.05, 0.1) is 0 Å². The fourth-order valence-corrected chi connectivity index (χ4v) is 0. The second-order valence-electron chi connectivity index (χ2n) is 0.519. The van der Waals surface area contributed by atoms with Crippen LogP contribution in [0.3, 0.4) is 0 Å². The molecule has 0 atom stereocenters. The molecule has 5 heavy (non-hydrogen) atoms. The maximum atomic E-state index is 9.31. The van der Waals surface area contributed by atoms with Crippen molar-refractivity contribution in [3.8, 4) is 0 Å². The summed E-state index contributed by atoms with van der Waals surface area (Å²) in [5.74, 6) is 0. The fourth-order valence-electron chi connectivity index (χ4n) is 0. The average Bonchev–Trinajstić information content (AvgIpc) is 0.811. The Morgan fingerprint density at radius 3 is 2.00 bits per heavy atom. The molecule has 0 saturated carbocycles. The number of hydrogen-bond donors (Lipinski definition) is 1. The monoisotopic (exact) mass is 166 g/mol. The molecule has 0 aromatic rings. The third-order valence-corrected chi connectivity index (χ3v) is 0. The van der Waals surface area contributed by atoms with Crippen molar-refractivity contribution in [2.75, 3.05) is 0 Å². The Morgan fingerprint density at radius 1 is 2.00 bits per heavy atom. The van der Waals surface area contributed by atoms with Gasteiger partial charge >= 0.3 is 45.5 Å². The van der Waals surface area contributed by atoms with Gasteiger partial charge in [-0.1, -0.05) is 0 Å². The van der Waals surface area contributed by atoms with E-state index in [0.29, 0.717) is 0 Å². The molecule has 0 saturated heterocycles. The van der Waals surface area contributed by atoms with Gasteiger partial charge in [-0.25, -0.2) is 0 Å².